The van der Waals surface area contributed by atoms with E-state index in [-0.39, 0.29) is 0 Å². The van der Waals surface area contributed by atoms with Crippen LogP contribution in [0, 0.1) is 0 Å². The van der Waals surface area contributed by atoms with Crippen molar-refractivity contribution in [3.05, 3.63) is 60.4 Å². The summed E-state index contributed by atoms with van der Waals surface area (Å²) in [5, 5.41) is 0. The molecule has 0 radical (unpaired) electrons. The molecule has 0 aliphatic rings. The Bertz CT molecular complexity index is 765. The van der Waals surface area contributed by atoms with E-state index in [9.17, 15) is 0 Å². The number of hydrogen-bond donors (Lipinski definition) is 0. The largest absolute Gasteiger partial charge is 0.494 e. The van der Waals surface area contributed by atoms with Gasteiger partial charge in [0.2, 0.25) is 0 Å². The van der Waals surface area contributed by atoms with E-state index >= 15 is 0 Å². The number of unbranched alkanes of at least 4 members (excludes halogenated alkanes) is 1. The fourth-order valence-electron chi connectivity index (χ4n) is 2.86. The molecule has 126 valence electrons. The lowest BCUT2D eigenvalue weighted by Gasteiger charge is -2.13. The van der Waals surface area contributed by atoms with Gasteiger partial charge >= 0.3 is 0 Å². The molecule has 24 heavy (non-hydrogen) atoms. The Kier molecular flexibility index (Phi) is 5.49. The highest BCUT2D eigenvalue weighted by Crippen LogP contribution is 2.18. The second-order valence-electron chi connectivity index (χ2n) is 6.27. The third kappa shape index (κ3) is 4.15. The molecule has 0 aliphatic heterocycles. The second kappa shape index (κ2) is 7.97. The monoisotopic (exact) mass is 323 g/mol. The quantitative estimate of drug-likeness (QED) is 0.588. The van der Waals surface area contributed by atoms with Crippen molar-refractivity contribution in [2.24, 2.45) is 0 Å². The number of fused-ring (bicyclic) bond motifs is 1. The van der Waals surface area contributed by atoms with Crippen LogP contribution in [0.2, 0.25) is 0 Å². The summed E-state index contributed by atoms with van der Waals surface area (Å²) < 4.78 is 8.12. The minimum absolute atomic E-state index is 0.750. The molecule has 0 N–H and O–H groups in total. The zero-order valence-electron chi connectivity index (χ0n) is 14.5. The topological polar surface area (TPSA) is 30.3 Å². The van der Waals surface area contributed by atoms with E-state index < -0.39 is 0 Å². The molecular weight excluding hydrogens is 298 g/mol. The summed E-state index contributed by atoms with van der Waals surface area (Å²) in [5.74, 6) is 2.07. The summed E-state index contributed by atoms with van der Waals surface area (Å²) in [4.78, 5) is 6.95. The van der Waals surface area contributed by atoms with Crippen molar-refractivity contribution >= 4 is 11.0 Å². The first-order chi connectivity index (χ1) is 11.7. The van der Waals surface area contributed by atoms with Crippen molar-refractivity contribution in [3.63, 3.8) is 0 Å². The Labute approximate surface area is 143 Å². The lowest BCUT2D eigenvalue weighted by molar-refractivity contribution is 0.302. The van der Waals surface area contributed by atoms with Gasteiger partial charge in [-0.3, -0.25) is 0 Å². The first-order valence-electron chi connectivity index (χ1n) is 8.51. The molecular formula is C20H25N3O. The second-order valence-corrected chi connectivity index (χ2v) is 6.27. The molecule has 0 spiro atoms. The van der Waals surface area contributed by atoms with Crippen molar-refractivity contribution in [2.75, 3.05) is 20.7 Å². The van der Waals surface area contributed by atoms with Gasteiger partial charge in [0.15, 0.2) is 0 Å². The van der Waals surface area contributed by atoms with Crippen molar-refractivity contribution in [1.82, 2.24) is 14.5 Å². The van der Waals surface area contributed by atoms with E-state index in [1.54, 1.807) is 0 Å². The summed E-state index contributed by atoms with van der Waals surface area (Å²) in [6.45, 7) is 2.58. The van der Waals surface area contributed by atoms with Gasteiger partial charge < -0.3 is 14.2 Å². The molecule has 0 amide bonds. The molecule has 4 nitrogen and oxygen atoms in total. The predicted molar refractivity (Wildman–Crippen MR) is 98.3 cm³/mol. The third-order valence-corrected chi connectivity index (χ3v) is 3.98. The lowest BCUT2D eigenvalue weighted by atomic mass is 10.3. The van der Waals surface area contributed by atoms with Crippen LogP contribution in [0.3, 0.4) is 0 Å². The summed E-state index contributed by atoms with van der Waals surface area (Å²) >= 11 is 0. The Morgan fingerprint density at radius 1 is 0.958 bits per heavy atom. The molecule has 0 aliphatic carbocycles. The fraction of sp³-hybridized carbons (Fsp3) is 0.350. The molecule has 0 fully saturated rings. The zero-order valence-corrected chi connectivity index (χ0v) is 14.5. The number of imidazole rings is 1. The van der Waals surface area contributed by atoms with Gasteiger partial charge in [-0.2, -0.15) is 0 Å². The van der Waals surface area contributed by atoms with Crippen molar-refractivity contribution < 1.29 is 4.74 Å². The summed E-state index contributed by atoms with van der Waals surface area (Å²) in [6, 6.07) is 18.4. The van der Waals surface area contributed by atoms with E-state index in [4.69, 9.17) is 9.72 Å². The van der Waals surface area contributed by atoms with E-state index in [1.807, 2.05) is 36.4 Å². The minimum atomic E-state index is 0.750. The van der Waals surface area contributed by atoms with Crippen molar-refractivity contribution in [1.29, 1.82) is 0 Å². The number of aryl methyl sites for hydroxylation is 1. The van der Waals surface area contributed by atoms with Crippen LogP contribution in [-0.2, 0) is 13.1 Å². The Hall–Kier alpha value is -2.33. The van der Waals surface area contributed by atoms with Crippen LogP contribution in [0.5, 0.6) is 5.75 Å². The van der Waals surface area contributed by atoms with E-state index in [0.29, 0.717) is 0 Å². The first kappa shape index (κ1) is 16.5. The highest BCUT2D eigenvalue weighted by atomic mass is 16.5. The Morgan fingerprint density at radius 3 is 2.50 bits per heavy atom. The molecule has 0 saturated heterocycles. The number of rotatable bonds is 8. The number of para-hydroxylation sites is 3. The average molecular weight is 323 g/mol. The van der Waals surface area contributed by atoms with Crippen LogP contribution in [0.1, 0.15) is 18.7 Å². The Balaban J connectivity index is 1.59. The lowest BCUT2D eigenvalue weighted by Crippen LogP contribution is -2.16. The fourth-order valence-corrected chi connectivity index (χ4v) is 2.86. The molecule has 0 atom stereocenters. The molecule has 0 saturated carbocycles. The molecule has 0 bridgehead atoms. The van der Waals surface area contributed by atoms with E-state index in [1.165, 1.54) is 5.52 Å². The van der Waals surface area contributed by atoms with Gasteiger partial charge in [-0.05, 0) is 51.2 Å². The smallest absolute Gasteiger partial charge is 0.124 e. The van der Waals surface area contributed by atoms with Crippen LogP contribution < -0.4 is 4.74 Å². The van der Waals surface area contributed by atoms with Crippen LogP contribution in [-0.4, -0.2) is 35.2 Å². The van der Waals surface area contributed by atoms with Crippen molar-refractivity contribution in [3.8, 4) is 5.75 Å². The standard InChI is InChI=1S/C20H25N3O/c1-22(2)16-20-21-18-12-6-7-13-19(18)23(20)14-8-9-15-24-17-10-4-3-5-11-17/h3-7,10-13H,8-9,14-16H2,1-2H3. The predicted octanol–water partition coefficient (Wildman–Crippen LogP) is 3.96. The van der Waals surface area contributed by atoms with Crippen molar-refractivity contribution in [2.45, 2.75) is 25.9 Å². The molecule has 1 heterocycles. The van der Waals surface area contributed by atoms with Gasteiger partial charge in [0, 0.05) is 6.54 Å². The maximum Gasteiger partial charge on any atom is 0.124 e. The van der Waals surface area contributed by atoms with Gasteiger partial charge in [0.1, 0.15) is 11.6 Å². The van der Waals surface area contributed by atoms with Gasteiger partial charge in [-0.15, -0.1) is 0 Å². The maximum atomic E-state index is 5.77. The molecule has 4 heteroatoms. The highest BCUT2D eigenvalue weighted by Gasteiger charge is 2.10. The van der Waals surface area contributed by atoms with E-state index in [0.717, 1.165) is 49.6 Å². The number of ether oxygens (including phenoxy) is 1. The minimum Gasteiger partial charge on any atom is -0.494 e. The molecule has 1 aromatic heterocycles. The molecule has 3 aromatic rings. The number of hydrogen-bond acceptors (Lipinski definition) is 3. The average Bonchev–Trinajstić information content (AvgIpc) is 2.92. The van der Waals surface area contributed by atoms with Gasteiger partial charge in [0.25, 0.3) is 0 Å². The summed E-state index contributed by atoms with van der Waals surface area (Å²) in [7, 11) is 4.16. The van der Waals surface area contributed by atoms with Gasteiger partial charge in [-0.25, -0.2) is 4.98 Å². The number of benzene rings is 2. The van der Waals surface area contributed by atoms with Gasteiger partial charge in [0.05, 0.1) is 24.2 Å². The van der Waals surface area contributed by atoms with Crippen LogP contribution in [0.4, 0.5) is 0 Å². The normalized spacial score (nSPS) is 11.3. The van der Waals surface area contributed by atoms with Gasteiger partial charge in [-0.1, -0.05) is 30.3 Å². The first-order valence-corrected chi connectivity index (χ1v) is 8.51. The molecule has 0 unspecified atom stereocenters. The SMILES string of the molecule is CN(C)Cc1nc2ccccc2n1CCCCOc1ccccc1. The summed E-state index contributed by atoms with van der Waals surface area (Å²) in [6.07, 6.45) is 2.11. The summed E-state index contributed by atoms with van der Waals surface area (Å²) in [5.41, 5.74) is 2.30. The molecule has 2 aromatic carbocycles. The third-order valence-electron chi connectivity index (χ3n) is 3.98. The Morgan fingerprint density at radius 2 is 1.71 bits per heavy atom. The highest BCUT2D eigenvalue weighted by molar-refractivity contribution is 5.75. The van der Waals surface area contributed by atoms with Crippen LogP contribution >= 0.6 is 0 Å². The van der Waals surface area contributed by atoms with E-state index in [2.05, 4.69) is 41.8 Å². The number of nitrogens with zero attached hydrogens (tertiary/aromatic N) is 3. The molecule has 3 rings (SSSR count). The maximum absolute atomic E-state index is 5.77. The zero-order chi connectivity index (χ0) is 16.8. The van der Waals surface area contributed by atoms with Crippen LogP contribution in [0.15, 0.2) is 54.6 Å². The number of aromatic nitrogens is 2. The van der Waals surface area contributed by atoms with Crippen LogP contribution in [0.25, 0.3) is 11.0 Å².